The van der Waals surface area contributed by atoms with E-state index in [0.29, 0.717) is 5.57 Å². The van der Waals surface area contributed by atoms with Crippen molar-refractivity contribution in [2.45, 2.75) is 6.92 Å². The minimum absolute atomic E-state index is 0.241. The number of nitrogens with zero attached hydrogens (tertiary/aromatic N) is 2. The number of carbonyl (C=O) groups is 1. The highest BCUT2D eigenvalue weighted by molar-refractivity contribution is 6.01. The Morgan fingerprint density at radius 2 is 2.33 bits per heavy atom. The van der Waals surface area contributed by atoms with Crippen molar-refractivity contribution in [3.05, 3.63) is 11.8 Å². The third kappa shape index (κ3) is 1.07. The summed E-state index contributed by atoms with van der Waals surface area (Å²) in [6.45, 7) is 1.62. The van der Waals surface area contributed by atoms with Crippen LogP contribution in [0.4, 0.5) is 4.79 Å². The lowest BCUT2D eigenvalue weighted by atomic mass is 10.3. The molecule has 1 heterocycles. The second-order valence-electron chi connectivity index (χ2n) is 1.66. The summed E-state index contributed by atoms with van der Waals surface area (Å²) in [5.74, 6) is -0.241. The molecule has 0 saturated carbocycles. The van der Waals surface area contributed by atoms with Gasteiger partial charge in [-0.05, 0) is 6.92 Å². The molecule has 1 radical (unpaired) electrons. The fourth-order valence-corrected chi connectivity index (χ4v) is 0.417. The van der Waals surface area contributed by atoms with Gasteiger partial charge in [0.25, 0.3) is 0 Å². The number of aliphatic imine (C=N–C) groups is 1. The number of urea groups is 1. The van der Waals surface area contributed by atoms with Gasteiger partial charge in [-0.3, -0.25) is 0 Å². The predicted octanol–water partition coefficient (Wildman–Crippen LogP) is 0.585. The molecule has 0 aliphatic carbocycles. The maximum Gasteiger partial charge on any atom is 0.370 e. The molecule has 4 nitrogen and oxygen atoms in total. The Balaban J connectivity index is 2.87. The first kappa shape index (κ1) is 5.81. The van der Waals surface area contributed by atoms with Crippen LogP contribution in [0, 0.1) is 0 Å². The fraction of sp³-hybridized carbons (Fsp3) is 0.200. The van der Waals surface area contributed by atoms with E-state index in [-0.39, 0.29) is 5.90 Å². The molecule has 0 spiro atoms. The largest absolute Gasteiger partial charge is 0.493 e. The number of hydrogen-bond donors (Lipinski definition) is 1. The van der Waals surface area contributed by atoms with Gasteiger partial charge in [-0.25, -0.2) is 4.79 Å². The van der Waals surface area contributed by atoms with Gasteiger partial charge < -0.3 is 5.11 Å². The molecule has 0 aromatic rings. The van der Waals surface area contributed by atoms with Gasteiger partial charge in [-0.1, -0.05) is 0 Å². The van der Waals surface area contributed by atoms with E-state index in [4.69, 9.17) is 5.11 Å². The van der Waals surface area contributed by atoms with Crippen molar-refractivity contribution >= 4 is 11.9 Å². The summed E-state index contributed by atoms with van der Waals surface area (Å²) in [5.41, 5.74) is 0.509. The molecule has 1 N–H and O–H groups in total. The van der Waals surface area contributed by atoms with Crippen molar-refractivity contribution in [2.24, 2.45) is 4.99 Å². The fourth-order valence-electron chi connectivity index (χ4n) is 0.417. The zero-order valence-corrected chi connectivity index (χ0v) is 4.83. The average molecular weight is 125 g/mol. The molecular formula is C5H5N2O2. The Morgan fingerprint density at radius 3 is 2.78 bits per heavy atom. The minimum atomic E-state index is -0.655. The molecule has 1 rings (SSSR count). The predicted molar refractivity (Wildman–Crippen MR) is 31.4 cm³/mol. The zero-order chi connectivity index (χ0) is 6.85. The van der Waals surface area contributed by atoms with Crippen LogP contribution in [0.3, 0.4) is 0 Å². The maximum atomic E-state index is 10.3. The molecule has 47 valence electrons. The monoisotopic (exact) mass is 125 g/mol. The number of aliphatic hydroxyl groups is 1. The molecule has 0 aromatic heterocycles. The molecule has 1 aliphatic rings. The SMILES string of the molecule is CC1=C[N]C(=O)N=C1O. The highest BCUT2D eigenvalue weighted by atomic mass is 16.3. The van der Waals surface area contributed by atoms with Crippen LogP contribution >= 0.6 is 0 Å². The van der Waals surface area contributed by atoms with Crippen molar-refractivity contribution < 1.29 is 9.90 Å². The first-order valence-corrected chi connectivity index (χ1v) is 2.40. The standard InChI is InChI=1S/C5H5N2O2/c1-3-2-6-5(9)7-4(3)8/h2H,1H3,(H,7,8,9). The van der Waals surface area contributed by atoms with Crippen molar-refractivity contribution in [1.29, 1.82) is 0 Å². The number of amides is 2. The van der Waals surface area contributed by atoms with Crippen molar-refractivity contribution in [1.82, 2.24) is 5.32 Å². The summed E-state index contributed by atoms with van der Waals surface area (Å²) >= 11 is 0. The number of rotatable bonds is 0. The van der Waals surface area contributed by atoms with Gasteiger partial charge in [0.05, 0.1) is 0 Å². The van der Waals surface area contributed by atoms with Crippen LogP contribution in [0.25, 0.3) is 0 Å². The molecule has 0 unspecified atom stereocenters. The Morgan fingerprint density at radius 1 is 1.67 bits per heavy atom. The first-order chi connectivity index (χ1) is 4.20. The van der Waals surface area contributed by atoms with E-state index in [1.165, 1.54) is 6.20 Å². The van der Waals surface area contributed by atoms with Crippen molar-refractivity contribution in [3.63, 3.8) is 0 Å². The van der Waals surface area contributed by atoms with Crippen LogP contribution < -0.4 is 5.32 Å². The molecule has 2 amide bonds. The van der Waals surface area contributed by atoms with E-state index >= 15 is 0 Å². The van der Waals surface area contributed by atoms with E-state index in [9.17, 15) is 4.79 Å². The molecular weight excluding hydrogens is 120 g/mol. The van der Waals surface area contributed by atoms with E-state index in [2.05, 4.69) is 10.3 Å². The van der Waals surface area contributed by atoms with E-state index in [1.54, 1.807) is 6.92 Å². The Labute approximate surface area is 51.9 Å². The van der Waals surface area contributed by atoms with Crippen molar-refractivity contribution in [2.75, 3.05) is 0 Å². The molecule has 4 heteroatoms. The molecule has 0 aromatic carbocycles. The minimum Gasteiger partial charge on any atom is -0.493 e. The second kappa shape index (κ2) is 1.89. The third-order valence-electron chi connectivity index (χ3n) is 0.923. The molecule has 0 fully saturated rings. The lowest BCUT2D eigenvalue weighted by Gasteiger charge is -2.01. The average Bonchev–Trinajstić information content (AvgIpc) is 1.80. The van der Waals surface area contributed by atoms with Gasteiger partial charge in [0, 0.05) is 11.8 Å². The summed E-state index contributed by atoms with van der Waals surface area (Å²) in [6.07, 6.45) is 1.28. The van der Waals surface area contributed by atoms with E-state index in [0.717, 1.165) is 0 Å². The van der Waals surface area contributed by atoms with Crippen LogP contribution in [0.5, 0.6) is 0 Å². The summed E-state index contributed by atoms with van der Waals surface area (Å²) in [4.78, 5) is 13.4. The van der Waals surface area contributed by atoms with E-state index < -0.39 is 6.03 Å². The molecule has 0 saturated heterocycles. The van der Waals surface area contributed by atoms with Gasteiger partial charge in [0.15, 0.2) is 0 Å². The van der Waals surface area contributed by atoms with Gasteiger partial charge in [0.1, 0.15) is 0 Å². The number of carbonyl (C=O) groups excluding carboxylic acids is 1. The summed E-state index contributed by atoms with van der Waals surface area (Å²) in [7, 11) is 0. The van der Waals surface area contributed by atoms with Gasteiger partial charge in [-0.2, -0.15) is 10.3 Å². The number of hydrogen-bond acceptors (Lipinski definition) is 1. The zero-order valence-electron chi connectivity index (χ0n) is 4.83. The van der Waals surface area contributed by atoms with Crippen LogP contribution in [0.2, 0.25) is 0 Å². The molecule has 0 atom stereocenters. The summed E-state index contributed by atoms with van der Waals surface area (Å²) in [5, 5.41) is 12.1. The lowest BCUT2D eigenvalue weighted by Crippen LogP contribution is -2.16. The normalized spacial score (nSPS) is 18.1. The van der Waals surface area contributed by atoms with Gasteiger partial charge in [-0.15, -0.1) is 0 Å². The number of aliphatic hydroxyl groups excluding tert-OH is 1. The second-order valence-corrected chi connectivity index (χ2v) is 1.66. The third-order valence-corrected chi connectivity index (χ3v) is 0.923. The van der Waals surface area contributed by atoms with Crippen LogP contribution in [0.15, 0.2) is 16.8 Å². The van der Waals surface area contributed by atoms with Crippen LogP contribution in [-0.4, -0.2) is 17.0 Å². The Bertz CT molecular complexity index is 205. The van der Waals surface area contributed by atoms with E-state index in [1.807, 2.05) is 0 Å². The Hall–Kier alpha value is -1.32. The van der Waals surface area contributed by atoms with Crippen molar-refractivity contribution in [3.8, 4) is 0 Å². The topological polar surface area (TPSA) is 63.8 Å². The summed E-state index contributed by atoms with van der Waals surface area (Å²) in [6, 6.07) is -0.655. The van der Waals surface area contributed by atoms with Gasteiger partial charge >= 0.3 is 6.03 Å². The highest BCUT2D eigenvalue weighted by Crippen LogP contribution is 1.99. The molecule has 9 heavy (non-hydrogen) atoms. The Kier molecular flexibility index (Phi) is 1.22. The highest BCUT2D eigenvalue weighted by Gasteiger charge is 2.09. The lowest BCUT2D eigenvalue weighted by molar-refractivity contribution is 0.250. The molecule has 0 bridgehead atoms. The van der Waals surface area contributed by atoms with Crippen LogP contribution in [0.1, 0.15) is 6.92 Å². The quantitative estimate of drug-likeness (QED) is 0.514. The first-order valence-electron chi connectivity index (χ1n) is 2.40. The molecule has 1 aliphatic heterocycles. The maximum absolute atomic E-state index is 10.3. The van der Waals surface area contributed by atoms with Crippen LogP contribution in [-0.2, 0) is 0 Å². The summed E-state index contributed by atoms with van der Waals surface area (Å²) < 4.78 is 0. The smallest absolute Gasteiger partial charge is 0.370 e. The van der Waals surface area contributed by atoms with Gasteiger partial charge in [0.2, 0.25) is 5.90 Å².